The standard InChI is InChI=1S/C14H15IN2O2S/c1-10(11-2-4-12(15)5-3-11)17-13-6-8-14(9-7-13)20(16,18)19/h2-10,17H,1H3,(H2,16,18,19). The molecule has 0 fully saturated rings. The van der Waals surface area contributed by atoms with Gasteiger partial charge in [0.05, 0.1) is 4.90 Å². The van der Waals surface area contributed by atoms with Gasteiger partial charge in [0.1, 0.15) is 0 Å². The lowest BCUT2D eigenvalue weighted by molar-refractivity contribution is 0.598. The SMILES string of the molecule is CC(Nc1ccc(S(N)(=O)=O)cc1)c1ccc(I)cc1. The summed E-state index contributed by atoms with van der Waals surface area (Å²) in [6, 6.07) is 14.8. The van der Waals surface area contributed by atoms with Crippen molar-refractivity contribution in [3.05, 3.63) is 57.7 Å². The molecule has 0 aliphatic carbocycles. The number of hydrogen-bond acceptors (Lipinski definition) is 3. The molecule has 20 heavy (non-hydrogen) atoms. The van der Waals surface area contributed by atoms with Crippen LogP contribution in [0.2, 0.25) is 0 Å². The number of hydrogen-bond donors (Lipinski definition) is 2. The second kappa shape index (κ2) is 6.11. The maximum Gasteiger partial charge on any atom is 0.238 e. The molecule has 0 aliphatic rings. The van der Waals surface area contributed by atoms with Crippen molar-refractivity contribution in [2.75, 3.05) is 5.32 Å². The zero-order valence-corrected chi connectivity index (χ0v) is 13.9. The highest BCUT2D eigenvalue weighted by Gasteiger charge is 2.08. The van der Waals surface area contributed by atoms with Gasteiger partial charge in [-0.15, -0.1) is 0 Å². The van der Waals surface area contributed by atoms with Gasteiger partial charge in [-0.2, -0.15) is 0 Å². The van der Waals surface area contributed by atoms with Gasteiger partial charge in [0, 0.05) is 15.3 Å². The number of nitrogens with one attached hydrogen (secondary N) is 1. The van der Waals surface area contributed by atoms with Gasteiger partial charge in [0.25, 0.3) is 0 Å². The van der Waals surface area contributed by atoms with Crippen LogP contribution >= 0.6 is 22.6 Å². The lowest BCUT2D eigenvalue weighted by Crippen LogP contribution is -2.12. The molecular weight excluding hydrogens is 387 g/mol. The van der Waals surface area contributed by atoms with Gasteiger partial charge in [0.2, 0.25) is 10.0 Å². The molecule has 0 aromatic heterocycles. The van der Waals surface area contributed by atoms with E-state index in [4.69, 9.17) is 5.14 Å². The number of primary sulfonamides is 1. The average molecular weight is 402 g/mol. The molecule has 0 saturated heterocycles. The van der Waals surface area contributed by atoms with Crippen molar-refractivity contribution in [2.24, 2.45) is 5.14 Å². The molecule has 0 aliphatic heterocycles. The van der Waals surface area contributed by atoms with E-state index < -0.39 is 10.0 Å². The first kappa shape index (κ1) is 15.3. The summed E-state index contributed by atoms with van der Waals surface area (Å²) in [4.78, 5) is 0.116. The van der Waals surface area contributed by atoms with Gasteiger partial charge in [-0.05, 0) is 71.5 Å². The van der Waals surface area contributed by atoms with E-state index in [-0.39, 0.29) is 10.9 Å². The van der Waals surface area contributed by atoms with E-state index in [1.54, 1.807) is 12.1 Å². The summed E-state index contributed by atoms with van der Waals surface area (Å²) in [5.74, 6) is 0. The van der Waals surface area contributed by atoms with Crippen molar-refractivity contribution < 1.29 is 8.42 Å². The van der Waals surface area contributed by atoms with Crippen LogP contribution in [0.25, 0.3) is 0 Å². The Kier molecular flexibility index (Phi) is 4.66. The molecule has 0 bridgehead atoms. The highest BCUT2D eigenvalue weighted by atomic mass is 127. The summed E-state index contributed by atoms with van der Waals surface area (Å²) in [5.41, 5.74) is 2.02. The molecule has 2 aromatic rings. The molecule has 0 saturated carbocycles. The first-order valence-electron chi connectivity index (χ1n) is 6.01. The van der Waals surface area contributed by atoms with Crippen LogP contribution in [-0.4, -0.2) is 8.42 Å². The summed E-state index contributed by atoms with van der Waals surface area (Å²) in [6.45, 7) is 2.05. The molecule has 6 heteroatoms. The van der Waals surface area contributed by atoms with Crippen LogP contribution in [0, 0.1) is 3.57 Å². The zero-order chi connectivity index (χ0) is 14.8. The maximum atomic E-state index is 11.2. The predicted octanol–water partition coefficient (Wildman–Crippen LogP) is 3.11. The van der Waals surface area contributed by atoms with Gasteiger partial charge in [0.15, 0.2) is 0 Å². The van der Waals surface area contributed by atoms with E-state index >= 15 is 0 Å². The van der Waals surface area contributed by atoms with Crippen LogP contribution in [0.15, 0.2) is 53.4 Å². The van der Waals surface area contributed by atoms with Gasteiger partial charge >= 0.3 is 0 Å². The third-order valence-electron chi connectivity index (χ3n) is 2.94. The summed E-state index contributed by atoms with van der Waals surface area (Å²) in [6.07, 6.45) is 0. The van der Waals surface area contributed by atoms with Crippen LogP contribution in [0.3, 0.4) is 0 Å². The Bertz CT molecular complexity index is 682. The summed E-state index contributed by atoms with van der Waals surface area (Å²) < 4.78 is 23.5. The average Bonchev–Trinajstić information content (AvgIpc) is 2.39. The highest BCUT2D eigenvalue weighted by molar-refractivity contribution is 14.1. The Hall–Kier alpha value is -1.12. The lowest BCUT2D eigenvalue weighted by Gasteiger charge is -2.16. The summed E-state index contributed by atoms with van der Waals surface area (Å²) >= 11 is 2.27. The maximum absolute atomic E-state index is 11.2. The fourth-order valence-corrected chi connectivity index (χ4v) is 2.70. The van der Waals surface area contributed by atoms with Gasteiger partial charge in [-0.25, -0.2) is 13.6 Å². The van der Waals surface area contributed by atoms with Crippen molar-refractivity contribution >= 4 is 38.3 Å². The molecule has 0 radical (unpaired) electrons. The first-order chi connectivity index (χ1) is 9.36. The topological polar surface area (TPSA) is 72.2 Å². The Morgan fingerprint density at radius 3 is 2.10 bits per heavy atom. The molecule has 0 amide bonds. The van der Waals surface area contributed by atoms with Crippen molar-refractivity contribution in [3.8, 4) is 0 Å². The third kappa shape index (κ3) is 3.94. The molecule has 4 nitrogen and oxygen atoms in total. The normalized spacial score (nSPS) is 12.9. The second-order valence-electron chi connectivity index (χ2n) is 4.49. The molecule has 2 rings (SSSR count). The fourth-order valence-electron chi connectivity index (χ4n) is 1.83. The summed E-state index contributed by atoms with van der Waals surface area (Å²) in [7, 11) is -3.63. The van der Waals surface area contributed by atoms with E-state index in [2.05, 4.69) is 59.1 Å². The monoisotopic (exact) mass is 402 g/mol. The van der Waals surface area contributed by atoms with E-state index in [0.29, 0.717) is 0 Å². The number of halogens is 1. The molecule has 0 spiro atoms. The van der Waals surface area contributed by atoms with Gasteiger partial charge < -0.3 is 5.32 Å². The van der Waals surface area contributed by atoms with E-state index in [1.165, 1.54) is 21.3 Å². The number of benzene rings is 2. The molecule has 0 heterocycles. The van der Waals surface area contributed by atoms with Crippen LogP contribution in [-0.2, 0) is 10.0 Å². The van der Waals surface area contributed by atoms with E-state index in [0.717, 1.165) is 5.69 Å². The molecule has 106 valence electrons. The molecule has 1 atom stereocenters. The molecule has 2 aromatic carbocycles. The fraction of sp³-hybridized carbons (Fsp3) is 0.143. The minimum atomic E-state index is -3.63. The Morgan fingerprint density at radius 1 is 1.05 bits per heavy atom. The Morgan fingerprint density at radius 2 is 1.60 bits per heavy atom. The Balaban J connectivity index is 2.12. The zero-order valence-electron chi connectivity index (χ0n) is 10.9. The van der Waals surface area contributed by atoms with Gasteiger partial charge in [-0.1, -0.05) is 12.1 Å². The lowest BCUT2D eigenvalue weighted by atomic mass is 10.1. The van der Waals surface area contributed by atoms with Crippen molar-refractivity contribution in [2.45, 2.75) is 17.9 Å². The van der Waals surface area contributed by atoms with E-state index in [1.807, 2.05) is 0 Å². The minimum Gasteiger partial charge on any atom is -0.379 e. The summed E-state index contributed by atoms with van der Waals surface area (Å²) in [5, 5.41) is 8.38. The van der Waals surface area contributed by atoms with Crippen molar-refractivity contribution in [1.82, 2.24) is 0 Å². The second-order valence-corrected chi connectivity index (χ2v) is 7.29. The van der Waals surface area contributed by atoms with E-state index in [9.17, 15) is 8.42 Å². The number of nitrogens with two attached hydrogens (primary N) is 1. The highest BCUT2D eigenvalue weighted by Crippen LogP contribution is 2.21. The van der Waals surface area contributed by atoms with Crippen LogP contribution in [0.1, 0.15) is 18.5 Å². The predicted molar refractivity (Wildman–Crippen MR) is 89.0 cm³/mol. The van der Waals surface area contributed by atoms with Crippen LogP contribution in [0.5, 0.6) is 0 Å². The van der Waals surface area contributed by atoms with Gasteiger partial charge in [-0.3, -0.25) is 0 Å². The molecule has 3 N–H and O–H groups in total. The molecule has 1 unspecified atom stereocenters. The molecular formula is C14H15IN2O2S. The number of rotatable bonds is 4. The number of sulfonamides is 1. The first-order valence-corrected chi connectivity index (χ1v) is 8.63. The smallest absolute Gasteiger partial charge is 0.238 e. The van der Waals surface area contributed by atoms with Crippen LogP contribution < -0.4 is 10.5 Å². The minimum absolute atomic E-state index is 0.116. The van der Waals surface area contributed by atoms with Crippen LogP contribution in [0.4, 0.5) is 5.69 Å². The van der Waals surface area contributed by atoms with Crippen molar-refractivity contribution in [3.63, 3.8) is 0 Å². The Labute approximate surface area is 132 Å². The van der Waals surface area contributed by atoms with Crippen molar-refractivity contribution in [1.29, 1.82) is 0 Å². The largest absolute Gasteiger partial charge is 0.379 e. The quantitative estimate of drug-likeness (QED) is 0.773. The number of anilines is 1. The third-order valence-corrected chi connectivity index (χ3v) is 4.58.